The summed E-state index contributed by atoms with van der Waals surface area (Å²) in [6.07, 6.45) is 26.0. The van der Waals surface area contributed by atoms with Crippen molar-refractivity contribution in [3.8, 4) is 0 Å². The highest BCUT2D eigenvalue weighted by Gasteiger charge is 2.47. The van der Waals surface area contributed by atoms with Crippen LogP contribution in [0.3, 0.4) is 0 Å². The van der Waals surface area contributed by atoms with E-state index in [1.54, 1.807) is 16.7 Å². The van der Waals surface area contributed by atoms with Gasteiger partial charge in [0.2, 0.25) is 0 Å². The average Bonchev–Trinajstić information content (AvgIpc) is 3.13. The highest BCUT2D eigenvalue weighted by atomic mass is 16.5. The first-order chi connectivity index (χ1) is 13.7. The van der Waals surface area contributed by atoms with Crippen molar-refractivity contribution in [3.63, 3.8) is 0 Å². The maximum Gasteiger partial charge on any atom is 0.0834 e. The first-order valence-corrected chi connectivity index (χ1v) is 11.6. The first-order valence-electron chi connectivity index (χ1n) is 11.6. The molecule has 6 atom stereocenters. The Morgan fingerprint density at radius 1 is 1.07 bits per heavy atom. The molecule has 0 bridgehead atoms. The second kappa shape index (κ2) is 7.71. The first kappa shape index (κ1) is 18.5. The van der Waals surface area contributed by atoms with Crippen molar-refractivity contribution >= 4 is 0 Å². The van der Waals surface area contributed by atoms with Crippen LogP contribution < -0.4 is 5.32 Å². The van der Waals surface area contributed by atoms with Crippen LogP contribution in [0, 0.1) is 23.7 Å². The van der Waals surface area contributed by atoms with Crippen LogP contribution in [0.25, 0.3) is 0 Å². The van der Waals surface area contributed by atoms with Gasteiger partial charge in [-0.05, 0) is 74.1 Å². The normalized spacial score (nSPS) is 39.6. The third-order valence-corrected chi connectivity index (χ3v) is 7.69. The third-order valence-electron chi connectivity index (χ3n) is 7.69. The van der Waals surface area contributed by atoms with Crippen molar-refractivity contribution in [2.75, 3.05) is 0 Å². The second-order valence-corrected chi connectivity index (χ2v) is 9.65. The molecule has 0 aromatic carbocycles. The third kappa shape index (κ3) is 3.24. The molecule has 2 nitrogen and oxygen atoms in total. The Kier molecular flexibility index (Phi) is 5.09. The number of hydrogen-bond acceptors (Lipinski definition) is 2. The molecule has 5 aliphatic rings. The minimum Gasteiger partial charge on any atom is -0.384 e. The van der Waals surface area contributed by atoms with Crippen LogP contribution in [-0.2, 0) is 4.74 Å². The Morgan fingerprint density at radius 3 is 2.79 bits per heavy atom. The summed E-state index contributed by atoms with van der Waals surface area (Å²) in [6.45, 7) is 4.70. The lowest BCUT2D eigenvalue weighted by Crippen LogP contribution is -2.40. The van der Waals surface area contributed by atoms with Crippen molar-refractivity contribution in [2.24, 2.45) is 23.7 Å². The summed E-state index contributed by atoms with van der Waals surface area (Å²) in [6, 6.07) is 0.512. The predicted octanol–water partition coefficient (Wildman–Crippen LogP) is 5.85. The highest BCUT2D eigenvalue weighted by Crippen LogP contribution is 2.49. The maximum absolute atomic E-state index is 6.68. The topological polar surface area (TPSA) is 21.3 Å². The summed E-state index contributed by atoms with van der Waals surface area (Å²) in [5.41, 5.74) is 4.81. The lowest BCUT2D eigenvalue weighted by molar-refractivity contribution is 0.0675. The Hall–Kier alpha value is -1.54. The van der Waals surface area contributed by atoms with E-state index in [2.05, 4.69) is 61.8 Å². The van der Waals surface area contributed by atoms with Crippen molar-refractivity contribution in [1.29, 1.82) is 0 Å². The van der Waals surface area contributed by atoms with Crippen LogP contribution >= 0.6 is 0 Å². The van der Waals surface area contributed by atoms with E-state index >= 15 is 0 Å². The standard InChI is InChI=1S/C26H35NO/c1-17(2)23-16-27-24(18-9-4-3-5-10-18)15-22(23)21-13-8-12-20-19-11-6-7-14-25(19)28-26(20)21/h6-7,9,11,13-14,16-17,19-20,22,24-27H,3-5,8,10,12,15H2,1-2H3. The van der Waals surface area contributed by atoms with Gasteiger partial charge in [0.05, 0.1) is 12.2 Å². The van der Waals surface area contributed by atoms with Crippen LogP contribution in [0.5, 0.6) is 0 Å². The molecule has 2 heterocycles. The van der Waals surface area contributed by atoms with E-state index < -0.39 is 0 Å². The zero-order chi connectivity index (χ0) is 19.1. The molecular weight excluding hydrogens is 342 g/mol. The second-order valence-electron chi connectivity index (χ2n) is 9.65. The summed E-state index contributed by atoms with van der Waals surface area (Å²) >= 11 is 0. The Labute approximate surface area is 170 Å². The average molecular weight is 378 g/mol. The van der Waals surface area contributed by atoms with Crippen LogP contribution in [0.2, 0.25) is 0 Å². The molecule has 6 unspecified atom stereocenters. The van der Waals surface area contributed by atoms with E-state index in [0.717, 1.165) is 0 Å². The molecule has 28 heavy (non-hydrogen) atoms. The number of fused-ring (bicyclic) bond motifs is 3. The fraction of sp³-hybridized carbons (Fsp3) is 0.615. The van der Waals surface area contributed by atoms with Gasteiger partial charge >= 0.3 is 0 Å². The number of ether oxygens (including phenoxy) is 1. The number of allylic oxidation sites excluding steroid dienone is 5. The zero-order valence-corrected chi connectivity index (χ0v) is 17.4. The van der Waals surface area contributed by atoms with Gasteiger partial charge in [-0.3, -0.25) is 0 Å². The molecule has 0 radical (unpaired) electrons. The molecule has 1 fully saturated rings. The fourth-order valence-corrected chi connectivity index (χ4v) is 6.24. The van der Waals surface area contributed by atoms with Gasteiger partial charge in [0.1, 0.15) is 0 Å². The van der Waals surface area contributed by atoms with Gasteiger partial charge < -0.3 is 10.1 Å². The molecule has 0 amide bonds. The number of hydrogen-bond donors (Lipinski definition) is 1. The molecule has 0 aromatic rings. The van der Waals surface area contributed by atoms with Crippen molar-refractivity contribution in [1.82, 2.24) is 5.32 Å². The summed E-state index contributed by atoms with van der Waals surface area (Å²) < 4.78 is 6.68. The molecule has 5 rings (SSSR count). The minimum atomic E-state index is 0.284. The van der Waals surface area contributed by atoms with E-state index in [4.69, 9.17) is 4.74 Å². The van der Waals surface area contributed by atoms with Crippen LogP contribution in [-0.4, -0.2) is 18.2 Å². The summed E-state index contributed by atoms with van der Waals surface area (Å²) in [4.78, 5) is 0. The van der Waals surface area contributed by atoms with Crippen LogP contribution in [0.15, 0.2) is 59.4 Å². The highest BCUT2D eigenvalue weighted by molar-refractivity contribution is 5.35. The lowest BCUT2D eigenvalue weighted by atomic mass is 9.69. The molecule has 1 saturated heterocycles. The van der Waals surface area contributed by atoms with Crippen LogP contribution in [0.4, 0.5) is 0 Å². The minimum absolute atomic E-state index is 0.284. The Morgan fingerprint density at radius 2 is 1.96 bits per heavy atom. The summed E-state index contributed by atoms with van der Waals surface area (Å²) in [5.74, 6) is 2.34. The van der Waals surface area contributed by atoms with E-state index in [1.165, 1.54) is 44.9 Å². The zero-order valence-electron chi connectivity index (χ0n) is 17.4. The molecule has 1 N–H and O–H groups in total. The molecule has 0 spiro atoms. The molecule has 2 aliphatic heterocycles. The van der Waals surface area contributed by atoms with Gasteiger partial charge in [-0.25, -0.2) is 0 Å². The monoisotopic (exact) mass is 377 g/mol. The van der Waals surface area contributed by atoms with E-state index in [9.17, 15) is 0 Å². The largest absolute Gasteiger partial charge is 0.384 e. The summed E-state index contributed by atoms with van der Waals surface area (Å²) in [7, 11) is 0. The fourth-order valence-electron chi connectivity index (χ4n) is 6.24. The molecular formula is C26H35NO. The van der Waals surface area contributed by atoms with Gasteiger partial charge in [0.25, 0.3) is 0 Å². The van der Waals surface area contributed by atoms with Gasteiger partial charge in [-0.2, -0.15) is 0 Å². The molecule has 2 heteroatoms. The van der Waals surface area contributed by atoms with E-state index in [0.29, 0.717) is 35.8 Å². The molecule has 3 aliphatic carbocycles. The number of rotatable bonds is 3. The smallest absolute Gasteiger partial charge is 0.0834 e. The van der Waals surface area contributed by atoms with Gasteiger partial charge in [-0.15, -0.1) is 0 Å². The maximum atomic E-state index is 6.68. The quantitative estimate of drug-likeness (QED) is 0.623. The molecule has 0 aromatic heterocycles. The van der Waals surface area contributed by atoms with Crippen molar-refractivity contribution in [3.05, 3.63) is 59.4 Å². The Bertz CT molecular complexity index is 752. The number of nitrogens with one attached hydrogen (secondary N) is 1. The van der Waals surface area contributed by atoms with Gasteiger partial charge in [-0.1, -0.05) is 55.9 Å². The lowest BCUT2D eigenvalue weighted by Gasteiger charge is -2.40. The predicted molar refractivity (Wildman–Crippen MR) is 116 cm³/mol. The van der Waals surface area contributed by atoms with Crippen molar-refractivity contribution in [2.45, 2.75) is 77.0 Å². The molecule has 150 valence electrons. The van der Waals surface area contributed by atoms with Gasteiger partial charge in [0, 0.05) is 17.9 Å². The van der Waals surface area contributed by atoms with Crippen molar-refractivity contribution < 1.29 is 4.74 Å². The Balaban J connectivity index is 1.44. The molecule has 0 saturated carbocycles. The van der Waals surface area contributed by atoms with Crippen LogP contribution in [0.1, 0.15) is 58.8 Å². The summed E-state index contributed by atoms with van der Waals surface area (Å²) in [5, 5.41) is 3.78. The van der Waals surface area contributed by atoms with E-state index in [1.807, 2.05) is 0 Å². The van der Waals surface area contributed by atoms with Gasteiger partial charge in [0.15, 0.2) is 0 Å². The van der Waals surface area contributed by atoms with E-state index in [-0.39, 0.29) is 6.10 Å². The SMILES string of the molecule is CC(C)C1=CNC(C2=CCCCC2)CC1C1=CCCC2C1OC1C=CC=CC12.